The smallest absolute Gasteiger partial charge is 0.0658 e. The van der Waals surface area contributed by atoms with Crippen LogP contribution in [0.5, 0.6) is 0 Å². The first-order valence-electron chi connectivity index (χ1n) is 3.63. The Kier molecular flexibility index (Phi) is 5.60. The SMILES string of the molecule is CCC/C=C(/SC)N(C)C. The van der Waals surface area contributed by atoms with Crippen LogP contribution in [-0.4, -0.2) is 25.3 Å². The van der Waals surface area contributed by atoms with E-state index in [4.69, 9.17) is 0 Å². The fourth-order valence-electron chi connectivity index (χ4n) is 0.716. The van der Waals surface area contributed by atoms with Crippen LogP contribution < -0.4 is 0 Å². The van der Waals surface area contributed by atoms with Gasteiger partial charge in [-0.15, -0.1) is 11.8 Å². The van der Waals surface area contributed by atoms with Crippen molar-refractivity contribution in [1.29, 1.82) is 0 Å². The minimum absolute atomic E-state index is 1.19. The van der Waals surface area contributed by atoms with Crippen LogP contribution >= 0.6 is 11.8 Å². The molecule has 60 valence electrons. The van der Waals surface area contributed by atoms with Crippen molar-refractivity contribution in [1.82, 2.24) is 4.90 Å². The van der Waals surface area contributed by atoms with Gasteiger partial charge in [0, 0.05) is 14.1 Å². The Labute approximate surface area is 68.5 Å². The minimum atomic E-state index is 1.19. The molecule has 0 spiro atoms. The van der Waals surface area contributed by atoms with Crippen LogP contribution in [0.4, 0.5) is 0 Å². The molecule has 0 rings (SSSR count). The maximum atomic E-state index is 2.28. The first-order valence-corrected chi connectivity index (χ1v) is 4.86. The highest BCUT2D eigenvalue weighted by molar-refractivity contribution is 8.02. The largest absolute Gasteiger partial charge is 0.373 e. The molecule has 0 heterocycles. The van der Waals surface area contributed by atoms with Crippen LogP contribution in [0, 0.1) is 0 Å². The van der Waals surface area contributed by atoms with Gasteiger partial charge in [0.25, 0.3) is 0 Å². The fourth-order valence-corrected chi connectivity index (χ4v) is 1.37. The highest BCUT2D eigenvalue weighted by atomic mass is 32.2. The van der Waals surface area contributed by atoms with Gasteiger partial charge < -0.3 is 4.90 Å². The molecular weight excluding hydrogens is 142 g/mol. The molecule has 10 heavy (non-hydrogen) atoms. The van der Waals surface area contributed by atoms with Crippen molar-refractivity contribution in [3.63, 3.8) is 0 Å². The van der Waals surface area contributed by atoms with Crippen molar-refractivity contribution in [3.05, 3.63) is 11.1 Å². The van der Waals surface area contributed by atoms with Crippen molar-refractivity contribution in [2.24, 2.45) is 0 Å². The lowest BCUT2D eigenvalue weighted by Crippen LogP contribution is -2.07. The molecule has 2 heteroatoms. The number of hydrogen-bond donors (Lipinski definition) is 0. The number of thioether (sulfide) groups is 1. The second-order valence-electron chi connectivity index (χ2n) is 2.43. The number of nitrogens with zero attached hydrogens (tertiary/aromatic N) is 1. The Morgan fingerprint density at radius 1 is 1.50 bits per heavy atom. The standard InChI is InChI=1S/C8H17NS/c1-5-6-7-8(10-4)9(2)3/h7H,5-6H2,1-4H3/b8-7+. The Morgan fingerprint density at radius 3 is 2.40 bits per heavy atom. The third-order valence-electron chi connectivity index (χ3n) is 1.26. The zero-order valence-electron chi connectivity index (χ0n) is 7.35. The van der Waals surface area contributed by atoms with E-state index >= 15 is 0 Å². The van der Waals surface area contributed by atoms with Gasteiger partial charge in [-0.25, -0.2) is 0 Å². The number of unbranched alkanes of at least 4 members (excludes halogenated alkanes) is 1. The average molecular weight is 159 g/mol. The van der Waals surface area contributed by atoms with Crippen molar-refractivity contribution < 1.29 is 0 Å². The summed E-state index contributed by atoms with van der Waals surface area (Å²) in [6.07, 6.45) is 6.82. The van der Waals surface area contributed by atoms with Crippen LogP contribution in [-0.2, 0) is 0 Å². The van der Waals surface area contributed by atoms with Gasteiger partial charge in [-0.3, -0.25) is 0 Å². The van der Waals surface area contributed by atoms with Gasteiger partial charge >= 0.3 is 0 Å². The molecule has 0 saturated heterocycles. The van der Waals surface area contributed by atoms with Gasteiger partial charge in [-0.05, 0) is 12.7 Å². The van der Waals surface area contributed by atoms with E-state index in [0.717, 1.165) is 0 Å². The molecular formula is C8H17NS. The second kappa shape index (κ2) is 5.66. The van der Waals surface area contributed by atoms with Gasteiger partial charge in [0.2, 0.25) is 0 Å². The average Bonchev–Trinajstić information content (AvgIpc) is 1.89. The van der Waals surface area contributed by atoms with E-state index in [1.165, 1.54) is 17.9 Å². The van der Waals surface area contributed by atoms with E-state index in [1.54, 1.807) is 11.8 Å². The minimum Gasteiger partial charge on any atom is -0.373 e. The van der Waals surface area contributed by atoms with Crippen LogP contribution in [0.2, 0.25) is 0 Å². The Hall–Kier alpha value is -0.110. The van der Waals surface area contributed by atoms with Crippen LogP contribution in [0.25, 0.3) is 0 Å². The van der Waals surface area contributed by atoms with Gasteiger partial charge in [0.05, 0.1) is 5.03 Å². The molecule has 0 atom stereocenters. The van der Waals surface area contributed by atoms with E-state index in [2.05, 4.69) is 38.3 Å². The summed E-state index contributed by atoms with van der Waals surface area (Å²) in [5, 5.41) is 1.36. The first-order chi connectivity index (χ1) is 4.72. The monoisotopic (exact) mass is 159 g/mol. The summed E-state index contributed by atoms with van der Waals surface area (Å²) in [5.41, 5.74) is 0. The lowest BCUT2D eigenvalue weighted by Gasteiger charge is -2.14. The summed E-state index contributed by atoms with van der Waals surface area (Å²) in [7, 11) is 4.16. The quantitative estimate of drug-likeness (QED) is 0.620. The Balaban J connectivity index is 3.79. The van der Waals surface area contributed by atoms with Crippen LogP contribution in [0.1, 0.15) is 19.8 Å². The molecule has 0 aliphatic carbocycles. The second-order valence-corrected chi connectivity index (χ2v) is 3.26. The molecule has 0 aliphatic heterocycles. The normalized spacial score (nSPS) is 11.8. The van der Waals surface area contributed by atoms with Crippen molar-refractivity contribution in [2.75, 3.05) is 20.4 Å². The summed E-state index contributed by atoms with van der Waals surface area (Å²) in [5.74, 6) is 0. The van der Waals surface area contributed by atoms with Crippen molar-refractivity contribution >= 4 is 11.8 Å². The fraction of sp³-hybridized carbons (Fsp3) is 0.750. The molecule has 0 bridgehead atoms. The van der Waals surface area contributed by atoms with Gasteiger partial charge in [0.1, 0.15) is 0 Å². The van der Waals surface area contributed by atoms with Crippen LogP contribution in [0.15, 0.2) is 11.1 Å². The number of hydrogen-bond acceptors (Lipinski definition) is 2. The summed E-state index contributed by atoms with van der Waals surface area (Å²) in [6.45, 7) is 2.20. The van der Waals surface area contributed by atoms with Crippen molar-refractivity contribution in [3.8, 4) is 0 Å². The zero-order valence-corrected chi connectivity index (χ0v) is 8.16. The molecule has 0 radical (unpaired) electrons. The molecule has 0 N–H and O–H groups in total. The number of allylic oxidation sites excluding steroid dienone is 1. The van der Waals surface area contributed by atoms with Crippen LogP contribution in [0.3, 0.4) is 0 Å². The Bertz CT molecular complexity index is 108. The molecule has 0 unspecified atom stereocenters. The highest BCUT2D eigenvalue weighted by Gasteiger charge is 1.93. The van der Waals surface area contributed by atoms with E-state index < -0.39 is 0 Å². The lowest BCUT2D eigenvalue weighted by molar-refractivity contribution is 0.547. The third kappa shape index (κ3) is 3.83. The molecule has 0 aliphatic rings. The predicted octanol–water partition coefficient (Wildman–Crippen LogP) is 2.55. The van der Waals surface area contributed by atoms with E-state index in [1.807, 2.05) is 0 Å². The molecule has 1 nitrogen and oxygen atoms in total. The highest BCUT2D eigenvalue weighted by Crippen LogP contribution is 2.14. The predicted molar refractivity (Wildman–Crippen MR) is 50.2 cm³/mol. The number of rotatable bonds is 4. The first kappa shape index (κ1) is 9.89. The van der Waals surface area contributed by atoms with Gasteiger partial charge in [0.15, 0.2) is 0 Å². The van der Waals surface area contributed by atoms with Crippen molar-refractivity contribution in [2.45, 2.75) is 19.8 Å². The summed E-state index contributed by atoms with van der Waals surface area (Å²) in [4.78, 5) is 2.15. The molecule has 0 aromatic heterocycles. The Morgan fingerprint density at radius 2 is 2.10 bits per heavy atom. The summed E-state index contributed by atoms with van der Waals surface area (Å²) in [6, 6.07) is 0. The summed E-state index contributed by atoms with van der Waals surface area (Å²) >= 11 is 1.80. The third-order valence-corrected chi connectivity index (χ3v) is 2.21. The topological polar surface area (TPSA) is 3.24 Å². The maximum Gasteiger partial charge on any atom is 0.0658 e. The van der Waals surface area contributed by atoms with Gasteiger partial charge in [-0.1, -0.05) is 19.4 Å². The van der Waals surface area contributed by atoms with E-state index in [0.29, 0.717) is 0 Å². The van der Waals surface area contributed by atoms with E-state index in [9.17, 15) is 0 Å². The maximum absolute atomic E-state index is 2.28. The molecule has 0 saturated carbocycles. The molecule has 0 aromatic rings. The summed E-state index contributed by atoms with van der Waals surface area (Å²) < 4.78 is 0. The van der Waals surface area contributed by atoms with Gasteiger partial charge in [-0.2, -0.15) is 0 Å². The zero-order chi connectivity index (χ0) is 7.98. The lowest BCUT2D eigenvalue weighted by atomic mass is 10.3. The molecule has 0 fully saturated rings. The van der Waals surface area contributed by atoms with E-state index in [-0.39, 0.29) is 0 Å². The molecule has 0 aromatic carbocycles. The molecule has 0 amide bonds.